The third-order valence-electron chi connectivity index (χ3n) is 4.46. The predicted molar refractivity (Wildman–Crippen MR) is 80.0 cm³/mol. The van der Waals surface area contributed by atoms with E-state index in [0.29, 0.717) is 12.8 Å². The molecule has 2 aliphatic rings. The Kier molecular flexibility index (Phi) is 5.57. The van der Waals surface area contributed by atoms with Gasteiger partial charge in [0.1, 0.15) is 0 Å². The van der Waals surface area contributed by atoms with Crippen LogP contribution in [0, 0.1) is 5.92 Å². The number of urea groups is 1. The van der Waals surface area contributed by atoms with Gasteiger partial charge >= 0.3 is 12.0 Å². The molecule has 0 spiro atoms. The Morgan fingerprint density at radius 2 is 1.60 bits per heavy atom. The molecule has 5 nitrogen and oxygen atoms in total. The Morgan fingerprint density at radius 3 is 2.15 bits per heavy atom. The molecule has 0 radical (unpaired) electrons. The van der Waals surface area contributed by atoms with Crippen LogP contribution in [0.15, 0.2) is 0 Å². The van der Waals surface area contributed by atoms with E-state index in [4.69, 9.17) is 5.11 Å². The van der Waals surface area contributed by atoms with Crippen molar-refractivity contribution in [1.82, 2.24) is 10.6 Å². The predicted octanol–water partition coefficient (Wildman–Crippen LogP) is 2.21. The lowest BCUT2D eigenvalue weighted by molar-refractivity contribution is -0.141. The van der Waals surface area contributed by atoms with Crippen molar-refractivity contribution in [3.63, 3.8) is 0 Å². The Balaban J connectivity index is 1.67. The largest absolute Gasteiger partial charge is 0.481 e. The van der Waals surface area contributed by atoms with Gasteiger partial charge < -0.3 is 15.7 Å². The van der Waals surface area contributed by atoms with Gasteiger partial charge in [0.2, 0.25) is 0 Å². The highest BCUT2D eigenvalue weighted by Crippen LogP contribution is 2.27. The summed E-state index contributed by atoms with van der Waals surface area (Å²) in [6.07, 6.45) is 8.55. The van der Waals surface area contributed by atoms with Gasteiger partial charge in [0.15, 0.2) is 0 Å². The third-order valence-corrected chi connectivity index (χ3v) is 5.60. The fraction of sp³-hybridized carbons (Fsp3) is 0.857. The van der Waals surface area contributed by atoms with E-state index in [1.807, 2.05) is 11.8 Å². The summed E-state index contributed by atoms with van der Waals surface area (Å²) in [4.78, 5) is 22.8. The fourth-order valence-corrected chi connectivity index (χ4v) is 3.94. The molecule has 2 rings (SSSR count). The molecule has 0 aromatic carbocycles. The summed E-state index contributed by atoms with van der Waals surface area (Å²) < 4.78 is 0. The molecule has 2 atom stereocenters. The molecule has 2 aliphatic carbocycles. The van der Waals surface area contributed by atoms with E-state index in [9.17, 15) is 9.59 Å². The van der Waals surface area contributed by atoms with Crippen molar-refractivity contribution in [2.75, 3.05) is 6.26 Å². The van der Waals surface area contributed by atoms with Gasteiger partial charge in [0.25, 0.3) is 0 Å². The van der Waals surface area contributed by atoms with E-state index in [-0.39, 0.29) is 24.0 Å². The summed E-state index contributed by atoms with van der Waals surface area (Å²) in [5.74, 6) is -1.04. The summed E-state index contributed by atoms with van der Waals surface area (Å²) in [7, 11) is 0. The van der Waals surface area contributed by atoms with Crippen LogP contribution in [-0.2, 0) is 4.79 Å². The van der Waals surface area contributed by atoms with Gasteiger partial charge in [-0.2, -0.15) is 11.8 Å². The molecule has 114 valence electrons. The topological polar surface area (TPSA) is 78.4 Å². The van der Waals surface area contributed by atoms with Crippen molar-refractivity contribution in [3.05, 3.63) is 0 Å². The monoisotopic (exact) mass is 300 g/mol. The number of aliphatic carboxylic acids is 1. The van der Waals surface area contributed by atoms with Crippen molar-refractivity contribution in [2.24, 2.45) is 5.92 Å². The molecule has 2 amide bonds. The maximum absolute atomic E-state index is 11.9. The van der Waals surface area contributed by atoms with Crippen LogP contribution in [0.3, 0.4) is 0 Å². The highest BCUT2D eigenvalue weighted by Gasteiger charge is 2.31. The van der Waals surface area contributed by atoms with E-state index in [1.165, 1.54) is 0 Å². The molecule has 0 bridgehead atoms. The molecule has 2 fully saturated rings. The van der Waals surface area contributed by atoms with Crippen molar-refractivity contribution < 1.29 is 14.7 Å². The Hall–Kier alpha value is -0.910. The zero-order chi connectivity index (χ0) is 14.5. The van der Waals surface area contributed by atoms with Crippen LogP contribution in [0.2, 0.25) is 0 Å². The minimum absolute atomic E-state index is 0.0126. The number of thioether (sulfide) groups is 1. The molecular weight excluding hydrogens is 276 g/mol. The molecule has 3 N–H and O–H groups in total. The highest BCUT2D eigenvalue weighted by atomic mass is 32.2. The average molecular weight is 300 g/mol. The lowest BCUT2D eigenvalue weighted by atomic mass is 9.95. The second-order valence-electron chi connectivity index (χ2n) is 5.87. The van der Waals surface area contributed by atoms with Crippen LogP contribution < -0.4 is 10.6 Å². The normalized spacial score (nSPS) is 33.6. The molecule has 2 saturated carbocycles. The van der Waals surface area contributed by atoms with E-state index >= 15 is 0 Å². The molecule has 0 aliphatic heterocycles. The highest BCUT2D eigenvalue weighted by molar-refractivity contribution is 7.99. The average Bonchev–Trinajstić information content (AvgIpc) is 2.88. The first-order chi connectivity index (χ1) is 9.58. The van der Waals surface area contributed by atoms with Crippen LogP contribution in [0.5, 0.6) is 0 Å². The van der Waals surface area contributed by atoms with Gasteiger partial charge in [0.05, 0.1) is 5.92 Å². The molecule has 0 heterocycles. The Morgan fingerprint density at radius 1 is 1.00 bits per heavy atom. The molecule has 0 aromatic heterocycles. The number of carboxylic acid groups (broad SMARTS) is 1. The first kappa shape index (κ1) is 15.5. The van der Waals surface area contributed by atoms with E-state index < -0.39 is 5.97 Å². The summed E-state index contributed by atoms with van der Waals surface area (Å²) >= 11 is 1.91. The SMILES string of the molecule is CSC1CCC(NC(=O)NC2CCC(C(=O)O)C2)CC1. The third kappa shape index (κ3) is 4.30. The zero-order valence-corrected chi connectivity index (χ0v) is 12.7. The molecule has 2 unspecified atom stereocenters. The maximum Gasteiger partial charge on any atom is 0.315 e. The van der Waals surface area contributed by atoms with Crippen molar-refractivity contribution in [2.45, 2.75) is 62.3 Å². The molecule has 0 saturated heterocycles. The summed E-state index contributed by atoms with van der Waals surface area (Å²) in [5.41, 5.74) is 0. The van der Waals surface area contributed by atoms with Crippen molar-refractivity contribution >= 4 is 23.8 Å². The molecule has 0 aromatic rings. The van der Waals surface area contributed by atoms with Crippen LogP contribution in [0.4, 0.5) is 4.79 Å². The van der Waals surface area contributed by atoms with Gasteiger partial charge in [-0.1, -0.05) is 0 Å². The van der Waals surface area contributed by atoms with Gasteiger partial charge in [-0.05, 0) is 51.2 Å². The molecule has 20 heavy (non-hydrogen) atoms. The number of hydrogen-bond donors (Lipinski definition) is 3. The summed E-state index contributed by atoms with van der Waals surface area (Å²) in [6.45, 7) is 0. The lowest BCUT2D eigenvalue weighted by Gasteiger charge is -2.28. The van der Waals surface area contributed by atoms with E-state index in [0.717, 1.165) is 37.4 Å². The van der Waals surface area contributed by atoms with Crippen molar-refractivity contribution in [3.8, 4) is 0 Å². The standard InChI is InChI=1S/C14H24N2O3S/c1-20-12-6-4-10(5-7-12)15-14(19)16-11-3-2-9(8-11)13(17)18/h9-12H,2-8H2,1H3,(H,17,18)(H2,15,16,19). The van der Waals surface area contributed by atoms with Gasteiger partial charge in [0, 0.05) is 17.3 Å². The Bertz CT molecular complexity index is 356. The van der Waals surface area contributed by atoms with Gasteiger partial charge in [-0.15, -0.1) is 0 Å². The first-order valence-corrected chi connectivity index (χ1v) is 8.70. The van der Waals surface area contributed by atoms with Gasteiger partial charge in [-0.3, -0.25) is 4.79 Å². The Labute approximate surface area is 124 Å². The number of hydrogen-bond acceptors (Lipinski definition) is 3. The van der Waals surface area contributed by atoms with Crippen LogP contribution in [0.25, 0.3) is 0 Å². The molecular formula is C14H24N2O3S. The number of nitrogens with one attached hydrogen (secondary N) is 2. The molecule has 6 heteroatoms. The smallest absolute Gasteiger partial charge is 0.315 e. The van der Waals surface area contributed by atoms with Crippen LogP contribution in [0.1, 0.15) is 44.9 Å². The number of amides is 2. The number of rotatable bonds is 4. The second kappa shape index (κ2) is 7.20. The first-order valence-electron chi connectivity index (χ1n) is 7.41. The van der Waals surface area contributed by atoms with Crippen LogP contribution >= 0.6 is 11.8 Å². The zero-order valence-electron chi connectivity index (χ0n) is 11.9. The van der Waals surface area contributed by atoms with E-state index in [1.54, 1.807) is 0 Å². The minimum Gasteiger partial charge on any atom is -0.481 e. The van der Waals surface area contributed by atoms with Gasteiger partial charge in [-0.25, -0.2) is 4.79 Å². The van der Waals surface area contributed by atoms with Crippen molar-refractivity contribution in [1.29, 1.82) is 0 Å². The van der Waals surface area contributed by atoms with E-state index in [2.05, 4.69) is 16.9 Å². The second-order valence-corrected chi connectivity index (χ2v) is 7.01. The quantitative estimate of drug-likeness (QED) is 0.744. The maximum atomic E-state index is 11.9. The van der Waals surface area contributed by atoms with Crippen LogP contribution in [-0.4, -0.2) is 40.7 Å². The number of carbonyl (C=O) groups is 2. The number of carboxylic acids is 1. The summed E-state index contributed by atoms with van der Waals surface area (Å²) in [6, 6.07) is 0.155. The minimum atomic E-state index is -0.745. The lowest BCUT2D eigenvalue weighted by Crippen LogP contribution is -2.46. The number of carbonyl (C=O) groups excluding carboxylic acids is 1. The fourth-order valence-electron chi connectivity index (χ4n) is 3.19. The summed E-state index contributed by atoms with van der Waals surface area (Å²) in [5, 5.41) is 15.6.